The van der Waals surface area contributed by atoms with Gasteiger partial charge in [-0.2, -0.15) is 0 Å². The van der Waals surface area contributed by atoms with Crippen molar-refractivity contribution in [3.8, 4) is 11.5 Å². The number of rotatable bonds is 4. The Bertz CT molecular complexity index is 529. The molecule has 1 aromatic carbocycles. The smallest absolute Gasteiger partial charge is 0.142 e. The van der Waals surface area contributed by atoms with Crippen LogP contribution < -0.4 is 15.2 Å². The van der Waals surface area contributed by atoms with Crippen LogP contribution in [-0.4, -0.2) is 19.2 Å². The van der Waals surface area contributed by atoms with Crippen molar-refractivity contribution in [3.05, 3.63) is 53.9 Å². The van der Waals surface area contributed by atoms with Crippen molar-refractivity contribution in [3.63, 3.8) is 0 Å². The minimum atomic E-state index is -0.337. The third kappa shape index (κ3) is 2.43. The Morgan fingerprint density at radius 1 is 1.11 bits per heavy atom. The van der Waals surface area contributed by atoms with E-state index in [1.807, 2.05) is 36.4 Å². The molecule has 2 rings (SSSR count). The molecule has 2 aromatic rings. The molecular weight excluding hydrogens is 228 g/mol. The summed E-state index contributed by atoms with van der Waals surface area (Å²) in [5.74, 6) is 1.46. The maximum atomic E-state index is 6.22. The van der Waals surface area contributed by atoms with Gasteiger partial charge in [-0.3, -0.25) is 4.98 Å². The molecule has 0 fully saturated rings. The van der Waals surface area contributed by atoms with E-state index in [2.05, 4.69) is 4.98 Å². The first-order chi connectivity index (χ1) is 8.76. The van der Waals surface area contributed by atoms with Crippen LogP contribution in [0.4, 0.5) is 0 Å². The Morgan fingerprint density at radius 3 is 2.67 bits per heavy atom. The highest BCUT2D eigenvalue weighted by Crippen LogP contribution is 2.27. The Morgan fingerprint density at radius 2 is 1.94 bits per heavy atom. The van der Waals surface area contributed by atoms with Crippen LogP contribution in [0.1, 0.15) is 17.3 Å². The first kappa shape index (κ1) is 12.4. The summed E-state index contributed by atoms with van der Waals surface area (Å²) in [7, 11) is 3.24. The fraction of sp³-hybridized carbons (Fsp3) is 0.214. The van der Waals surface area contributed by atoms with E-state index in [1.54, 1.807) is 20.4 Å². The molecule has 1 aromatic heterocycles. The Kier molecular flexibility index (Phi) is 3.79. The second-order valence-corrected chi connectivity index (χ2v) is 3.85. The molecule has 1 heterocycles. The van der Waals surface area contributed by atoms with Gasteiger partial charge in [0, 0.05) is 6.20 Å². The molecule has 0 saturated carbocycles. The van der Waals surface area contributed by atoms with E-state index in [4.69, 9.17) is 15.2 Å². The normalized spacial score (nSPS) is 11.9. The lowest BCUT2D eigenvalue weighted by Crippen LogP contribution is -2.14. The zero-order valence-corrected chi connectivity index (χ0v) is 10.5. The molecule has 4 heteroatoms. The first-order valence-corrected chi connectivity index (χ1v) is 5.64. The molecule has 0 amide bonds. The Balaban J connectivity index is 2.37. The van der Waals surface area contributed by atoms with Gasteiger partial charge in [-0.05, 0) is 29.8 Å². The lowest BCUT2D eigenvalue weighted by atomic mass is 10.0. The number of pyridine rings is 1. The van der Waals surface area contributed by atoms with E-state index in [1.165, 1.54) is 0 Å². The van der Waals surface area contributed by atoms with Crippen LogP contribution in [0.3, 0.4) is 0 Å². The number of ether oxygens (including phenoxy) is 2. The highest BCUT2D eigenvalue weighted by molar-refractivity contribution is 5.39. The fourth-order valence-corrected chi connectivity index (χ4v) is 1.80. The van der Waals surface area contributed by atoms with Crippen molar-refractivity contribution >= 4 is 0 Å². The van der Waals surface area contributed by atoms with Crippen LogP contribution >= 0.6 is 0 Å². The molecule has 2 N–H and O–H groups in total. The molecule has 0 aliphatic carbocycles. The summed E-state index contributed by atoms with van der Waals surface area (Å²) in [6.45, 7) is 0. The fourth-order valence-electron chi connectivity index (χ4n) is 1.80. The Labute approximate surface area is 106 Å². The molecule has 0 aliphatic rings. The van der Waals surface area contributed by atoms with E-state index in [9.17, 15) is 0 Å². The molecule has 4 nitrogen and oxygen atoms in total. The number of hydrogen-bond acceptors (Lipinski definition) is 4. The van der Waals surface area contributed by atoms with Gasteiger partial charge >= 0.3 is 0 Å². The van der Waals surface area contributed by atoms with Gasteiger partial charge in [0.1, 0.15) is 17.2 Å². The van der Waals surface area contributed by atoms with Gasteiger partial charge in [-0.1, -0.05) is 12.1 Å². The first-order valence-electron chi connectivity index (χ1n) is 5.64. The molecule has 0 saturated heterocycles. The molecule has 18 heavy (non-hydrogen) atoms. The predicted molar refractivity (Wildman–Crippen MR) is 69.8 cm³/mol. The summed E-state index contributed by atoms with van der Waals surface area (Å²) >= 11 is 0. The van der Waals surface area contributed by atoms with Crippen LogP contribution in [0.2, 0.25) is 0 Å². The molecule has 0 aliphatic heterocycles. The molecule has 0 radical (unpaired) electrons. The minimum absolute atomic E-state index is 0.337. The average molecular weight is 244 g/mol. The standard InChI is InChI=1S/C14H16N2O2/c1-17-11-6-3-5-10(9-11)13(15)14-12(18-2)7-4-8-16-14/h3-9,13H,15H2,1-2H3. The van der Waals surface area contributed by atoms with Gasteiger partial charge in [0.05, 0.1) is 20.3 Å². The lowest BCUT2D eigenvalue weighted by molar-refractivity contribution is 0.404. The number of methoxy groups -OCH3 is 2. The molecule has 1 unspecified atom stereocenters. The highest BCUT2D eigenvalue weighted by Gasteiger charge is 2.15. The van der Waals surface area contributed by atoms with Crippen molar-refractivity contribution in [1.82, 2.24) is 4.98 Å². The van der Waals surface area contributed by atoms with E-state index >= 15 is 0 Å². The van der Waals surface area contributed by atoms with Gasteiger partial charge in [-0.15, -0.1) is 0 Å². The van der Waals surface area contributed by atoms with Crippen molar-refractivity contribution in [2.24, 2.45) is 5.73 Å². The van der Waals surface area contributed by atoms with Crippen LogP contribution in [0.25, 0.3) is 0 Å². The van der Waals surface area contributed by atoms with Gasteiger partial charge in [0.2, 0.25) is 0 Å². The van der Waals surface area contributed by atoms with Crippen LogP contribution in [0.15, 0.2) is 42.6 Å². The third-order valence-electron chi connectivity index (χ3n) is 2.77. The number of benzene rings is 1. The summed E-state index contributed by atoms with van der Waals surface area (Å²) in [4.78, 5) is 4.29. The maximum absolute atomic E-state index is 6.22. The molecule has 0 spiro atoms. The van der Waals surface area contributed by atoms with Gasteiger partial charge < -0.3 is 15.2 Å². The van der Waals surface area contributed by atoms with E-state index < -0.39 is 0 Å². The van der Waals surface area contributed by atoms with E-state index in [0.717, 1.165) is 11.3 Å². The minimum Gasteiger partial charge on any atom is -0.497 e. The largest absolute Gasteiger partial charge is 0.497 e. The summed E-state index contributed by atoms with van der Waals surface area (Å²) in [5.41, 5.74) is 7.87. The number of hydrogen-bond donors (Lipinski definition) is 1. The van der Waals surface area contributed by atoms with Gasteiger partial charge in [0.25, 0.3) is 0 Å². The predicted octanol–water partition coefficient (Wildman–Crippen LogP) is 2.15. The summed E-state index contributed by atoms with van der Waals surface area (Å²) in [6, 6.07) is 11.0. The van der Waals surface area contributed by atoms with E-state index in [-0.39, 0.29) is 6.04 Å². The van der Waals surface area contributed by atoms with E-state index in [0.29, 0.717) is 11.4 Å². The van der Waals surface area contributed by atoms with Crippen LogP contribution in [0.5, 0.6) is 11.5 Å². The zero-order valence-electron chi connectivity index (χ0n) is 10.5. The van der Waals surface area contributed by atoms with Crippen molar-refractivity contribution in [2.75, 3.05) is 14.2 Å². The van der Waals surface area contributed by atoms with Crippen molar-refractivity contribution in [2.45, 2.75) is 6.04 Å². The number of nitrogens with two attached hydrogens (primary N) is 1. The lowest BCUT2D eigenvalue weighted by Gasteiger charge is -2.15. The number of nitrogens with zero attached hydrogens (tertiary/aromatic N) is 1. The van der Waals surface area contributed by atoms with Crippen molar-refractivity contribution < 1.29 is 9.47 Å². The molecule has 1 atom stereocenters. The van der Waals surface area contributed by atoms with Crippen molar-refractivity contribution in [1.29, 1.82) is 0 Å². The maximum Gasteiger partial charge on any atom is 0.142 e. The van der Waals surface area contributed by atoms with Gasteiger partial charge in [0.15, 0.2) is 0 Å². The van der Waals surface area contributed by atoms with Crippen LogP contribution in [-0.2, 0) is 0 Å². The zero-order chi connectivity index (χ0) is 13.0. The second-order valence-electron chi connectivity index (χ2n) is 3.85. The number of aromatic nitrogens is 1. The van der Waals surface area contributed by atoms with Crippen LogP contribution in [0, 0.1) is 0 Å². The molecule has 0 bridgehead atoms. The quantitative estimate of drug-likeness (QED) is 0.895. The second kappa shape index (κ2) is 5.51. The monoisotopic (exact) mass is 244 g/mol. The summed E-state index contributed by atoms with van der Waals surface area (Å²) < 4.78 is 10.5. The highest BCUT2D eigenvalue weighted by atomic mass is 16.5. The van der Waals surface area contributed by atoms with Gasteiger partial charge in [-0.25, -0.2) is 0 Å². The molecule has 94 valence electrons. The Hall–Kier alpha value is -2.07. The average Bonchev–Trinajstić information content (AvgIpc) is 2.46. The topological polar surface area (TPSA) is 57.4 Å². The summed E-state index contributed by atoms with van der Waals surface area (Å²) in [6.07, 6.45) is 1.71. The summed E-state index contributed by atoms with van der Waals surface area (Å²) in [5, 5.41) is 0. The molecular formula is C14H16N2O2. The SMILES string of the molecule is COc1cccc(C(N)c2ncccc2OC)c1. The third-order valence-corrected chi connectivity index (χ3v) is 2.77.